The number of fused-ring (bicyclic) bond motifs is 1. The Kier molecular flexibility index (Phi) is 6.59. The molecular formula is C22H25N3O3S. The lowest BCUT2D eigenvalue weighted by Crippen LogP contribution is -2.37. The minimum atomic E-state index is -0.178. The fourth-order valence-corrected chi connectivity index (χ4v) is 3.60. The van der Waals surface area contributed by atoms with E-state index in [1.807, 2.05) is 37.3 Å². The fraction of sp³-hybridized carbons (Fsp3) is 0.318. The van der Waals surface area contributed by atoms with Crippen LogP contribution in [0.2, 0.25) is 0 Å². The van der Waals surface area contributed by atoms with Crippen LogP contribution in [-0.4, -0.2) is 34.4 Å². The quantitative estimate of drug-likeness (QED) is 0.475. The van der Waals surface area contributed by atoms with Gasteiger partial charge in [0, 0.05) is 12.1 Å². The average molecular weight is 412 g/mol. The number of aromatic nitrogens is 2. The van der Waals surface area contributed by atoms with Crippen molar-refractivity contribution in [3.63, 3.8) is 0 Å². The lowest BCUT2D eigenvalue weighted by molar-refractivity contribution is -0.119. The Labute approximate surface area is 174 Å². The number of hydrogen-bond donors (Lipinski definition) is 1. The van der Waals surface area contributed by atoms with Gasteiger partial charge in [-0.15, -0.1) is 0 Å². The molecule has 0 aliphatic rings. The van der Waals surface area contributed by atoms with Crippen LogP contribution in [0.3, 0.4) is 0 Å². The highest BCUT2D eigenvalue weighted by atomic mass is 32.2. The van der Waals surface area contributed by atoms with E-state index in [2.05, 4.69) is 24.1 Å². The first-order valence-electron chi connectivity index (χ1n) is 9.49. The largest absolute Gasteiger partial charge is 0.497 e. The molecule has 0 radical (unpaired) electrons. The number of carbonyl (C=O) groups is 1. The molecule has 152 valence electrons. The topological polar surface area (TPSA) is 73.2 Å². The first-order valence-corrected chi connectivity index (χ1v) is 10.5. The summed E-state index contributed by atoms with van der Waals surface area (Å²) in [7, 11) is 1.58. The van der Waals surface area contributed by atoms with Crippen LogP contribution in [0.15, 0.2) is 58.5 Å². The van der Waals surface area contributed by atoms with Gasteiger partial charge < -0.3 is 10.1 Å². The van der Waals surface area contributed by atoms with E-state index in [-0.39, 0.29) is 23.3 Å². The van der Waals surface area contributed by atoms with Crippen LogP contribution in [0.25, 0.3) is 16.6 Å². The number of nitrogens with zero attached hydrogens (tertiary/aromatic N) is 2. The standard InChI is InChI=1S/C22H25N3O3S/c1-14(2)15(3)23-20(26)13-29-22-24-19-11-6-5-10-18(19)21(27)25(22)16-8-7-9-17(12-16)28-4/h5-12,14-15H,13H2,1-4H3,(H,23,26)/t15-/m0/s1. The number of methoxy groups -OCH3 is 1. The lowest BCUT2D eigenvalue weighted by atomic mass is 10.1. The Bertz CT molecular complexity index is 1080. The molecule has 0 saturated heterocycles. The molecule has 2 aromatic carbocycles. The van der Waals surface area contributed by atoms with Crippen molar-refractivity contribution in [2.45, 2.75) is 32.0 Å². The minimum Gasteiger partial charge on any atom is -0.497 e. The molecule has 1 atom stereocenters. The van der Waals surface area contributed by atoms with Crippen LogP contribution >= 0.6 is 11.8 Å². The Morgan fingerprint density at radius 3 is 2.66 bits per heavy atom. The summed E-state index contributed by atoms with van der Waals surface area (Å²) in [5.41, 5.74) is 1.07. The molecule has 0 spiro atoms. The van der Waals surface area contributed by atoms with E-state index in [4.69, 9.17) is 4.74 Å². The van der Waals surface area contributed by atoms with Crippen molar-refractivity contribution in [2.24, 2.45) is 5.92 Å². The van der Waals surface area contributed by atoms with Crippen LogP contribution in [0.4, 0.5) is 0 Å². The minimum absolute atomic E-state index is 0.0771. The predicted octanol–water partition coefficient (Wildman–Crippen LogP) is 3.65. The molecule has 1 amide bonds. The smallest absolute Gasteiger partial charge is 0.266 e. The second-order valence-corrected chi connectivity index (χ2v) is 8.08. The van der Waals surface area contributed by atoms with Gasteiger partial charge in [0.2, 0.25) is 5.91 Å². The third kappa shape index (κ3) is 4.79. The molecule has 6 nitrogen and oxygen atoms in total. The molecule has 0 aliphatic carbocycles. The third-order valence-corrected chi connectivity index (χ3v) is 5.72. The molecule has 0 saturated carbocycles. The highest BCUT2D eigenvalue weighted by molar-refractivity contribution is 7.99. The number of thioether (sulfide) groups is 1. The number of hydrogen-bond acceptors (Lipinski definition) is 5. The van der Waals surface area contributed by atoms with Crippen molar-refractivity contribution >= 4 is 28.6 Å². The van der Waals surface area contributed by atoms with Gasteiger partial charge in [0.05, 0.1) is 29.5 Å². The zero-order valence-electron chi connectivity index (χ0n) is 17.0. The van der Waals surface area contributed by atoms with Crippen molar-refractivity contribution in [3.05, 3.63) is 58.9 Å². The monoisotopic (exact) mass is 411 g/mol. The van der Waals surface area contributed by atoms with Crippen LogP contribution in [0, 0.1) is 5.92 Å². The number of para-hydroxylation sites is 1. The molecule has 1 aromatic heterocycles. The number of benzene rings is 2. The molecule has 1 N–H and O–H groups in total. The van der Waals surface area contributed by atoms with Gasteiger partial charge in [0.25, 0.3) is 5.56 Å². The van der Waals surface area contributed by atoms with Gasteiger partial charge in [-0.05, 0) is 37.1 Å². The van der Waals surface area contributed by atoms with E-state index < -0.39 is 0 Å². The molecule has 29 heavy (non-hydrogen) atoms. The maximum absolute atomic E-state index is 13.2. The van der Waals surface area contributed by atoms with E-state index in [1.165, 1.54) is 16.3 Å². The van der Waals surface area contributed by atoms with E-state index in [0.29, 0.717) is 33.4 Å². The van der Waals surface area contributed by atoms with Crippen LogP contribution in [0.5, 0.6) is 5.75 Å². The van der Waals surface area contributed by atoms with Crippen LogP contribution < -0.4 is 15.6 Å². The number of carbonyl (C=O) groups excluding carboxylic acids is 1. The number of rotatable bonds is 7. The first kappa shape index (κ1) is 20.9. The molecular weight excluding hydrogens is 386 g/mol. The molecule has 3 aromatic rings. The van der Waals surface area contributed by atoms with E-state index in [0.717, 1.165) is 0 Å². The van der Waals surface area contributed by atoms with Gasteiger partial charge in [-0.1, -0.05) is 43.8 Å². The molecule has 0 fully saturated rings. The van der Waals surface area contributed by atoms with E-state index in [9.17, 15) is 9.59 Å². The van der Waals surface area contributed by atoms with Crippen molar-refractivity contribution < 1.29 is 9.53 Å². The highest BCUT2D eigenvalue weighted by Gasteiger charge is 2.16. The molecule has 1 heterocycles. The summed E-state index contributed by atoms with van der Waals surface area (Å²) in [6, 6.07) is 14.5. The fourth-order valence-electron chi connectivity index (χ4n) is 2.78. The molecule has 0 aliphatic heterocycles. The Balaban J connectivity index is 2.01. The van der Waals surface area contributed by atoms with Gasteiger partial charge in [0.1, 0.15) is 5.75 Å². The maximum atomic E-state index is 13.2. The summed E-state index contributed by atoms with van der Waals surface area (Å²) in [4.78, 5) is 30.2. The second-order valence-electron chi connectivity index (χ2n) is 7.14. The molecule has 7 heteroatoms. The van der Waals surface area contributed by atoms with Gasteiger partial charge in [-0.25, -0.2) is 4.98 Å². The summed E-state index contributed by atoms with van der Waals surface area (Å²) in [5, 5.41) is 3.98. The van der Waals surface area contributed by atoms with Crippen molar-refractivity contribution in [2.75, 3.05) is 12.9 Å². The number of nitrogens with one attached hydrogen (secondary N) is 1. The zero-order chi connectivity index (χ0) is 21.0. The third-order valence-electron chi connectivity index (χ3n) is 4.78. The summed E-state index contributed by atoms with van der Waals surface area (Å²) in [6.45, 7) is 6.10. The summed E-state index contributed by atoms with van der Waals surface area (Å²) in [6.07, 6.45) is 0. The maximum Gasteiger partial charge on any atom is 0.266 e. The normalized spacial score (nSPS) is 12.2. The van der Waals surface area contributed by atoms with Gasteiger partial charge in [0.15, 0.2) is 5.16 Å². The first-order chi connectivity index (χ1) is 13.9. The number of amides is 1. The van der Waals surface area contributed by atoms with Gasteiger partial charge >= 0.3 is 0 Å². The van der Waals surface area contributed by atoms with E-state index >= 15 is 0 Å². The zero-order valence-corrected chi connectivity index (χ0v) is 17.8. The van der Waals surface area contributed by atoms with Crippen LogP contribution in [-0.2, 0) is 4.79 Å². The summed E-state index contributed by atoms with van der Waals surface area (Å²) >= 11 is 1.25. The highest BCUT2D eigenvalue weighted by Crippen LogP contribution is 2.23. The Morgan fingerprint density at radius 2 is 1.93 bits per heavy atom. The summed E-state index contributed by atoms with van der Waals surface area (Å²) in [5.74, 6) is 1.07. The number of ether oxygens (including phenoxy) is 1. The Hall–Kier alpha value is -2.80. The molecule has 0 bridgehead atoms. The van der Waals surface area contributed by atoms with Gasteiger partial charge in [-0.2, -0.15) is 0 Å². The van der Waals surface area contributed by atoms with Crippen LogP contribution in [0.1, 0.15) is 20.8 Å². The SMILES string of the molecule is COc1cccc(-n2c(SCC(=O)N[C@@H](C)C(C)C)nc3ccccc3c2=O)c1. The molecule has 3 rings (SSSR count). The predicted molar refractivity (Wildman–Crippen MR) is 117 cm³/mol. The van der Waals surface area contributed by atoms with Crippen molar-refractivity contribution in [3.8, 4) is 11.4 Å². The lowest BCUT2D eigenvalue weighted by Gasteiger charge is -2.18. The van der Waals surface area contributed by atoms with Crippen molar-refractivity contribution in [1.82, 2.24) is 14.9 Å². The second kappa shape index (κ2) is 9.13. The molecule has 0 unspecified atom stereocenters. The summed E-state index contributed by atoms with van der Waals surface area (Å²) < 4.78 is 6.84. The van der Waals surface area contributed by atoms with E-state index in [1.54, 1.807) is 25.3 Å². The average Bonchev–Trinajstić information content (AvgIpc) is 2.72. The van der Waals surface area contributed by atoms with Gasteiger partial charge in [-0.3, -0.25) is 14.2 Å². The van der Waals surface area contributed by atoms with Crippen molar-refractivity contribution in [1.29, 1.82) is 0 Å². The Morgan fingerprint density at radius 1 is 1.17 bits per heavy atom.